The average molecular weight is 522 g/mol. The van der Waals surface area contributed by atoms with Crippen molar-refractivity contribution < 1.29 is 23.1 Å². The van der Waals surface area contributed by atoms with E-state index < -0.39 is 16.0 Å². The van der Waals surface area contributed by atoms with Gasteiger partial charge in [-0.05, 0) is 50.7 Å². The van der Waals surface area contributed by atoms with Gasteiger partial charge in [-0.2, -0.15) is 4.31 Å². The second-order valence-corrected chi connectivity index (χ2v) is 12.4. The smallest absolute Gasteiger partial charge is 0.303 e. The number of sulfonamides is 1. The highest BCUT2D eigenvalue weighted by Crippen LogP contribution is 2.29. The molecule has 3 heterocycles. The van der Waals surface area contributed by atoms with E-state index in [1.165, 1.54) is 10.7 Å². The van der Waals surface area contributed by atoms with Crippen LogP contribution in [0.3, 0.4) is 0 Å². The number of carboxylic acids is 1. The molecule has 1 saturated carbocycles. The zero-order chi connectivity index (χ0) is 25.7. The monoisotopic (exact) mass is 521 g/mol. The summed E-state index contributed by atoms with van der Waals surface area (Å²) in [6, 6.07) is 3.86. The zero-order valence-corrected chi connectivity index (χ0v) is 22.0. The average Bonchev–Trinajstić information content (AvgIpc) is 2.89. The standard InChI is InChI=1S/C25H39N5O5S/c1-2-36(34,35)30-15-13-28(14-16-30)24-21(25(33)26-20-8-4-3-5-9-20)10-11-22(27-24)29-12-6-7-19(18-29)17-23(31)32/h10-11,19-20H,2-9,12-18H2,1H3,(H,26,33)(H,31,32)/t19-/m0/s1. The number of piperazine rings is 1. The van der Waals surface area contributed by atoms with Crippen molar-refractivity contribution in [3.05, 3.63) is 17.7 Å². The van der Waals surface area contributed by atoms with Gasteiger partial charge in [0.05, 0.1) is 11.3 Å². The van der Waals surface area contributed by atoms with Crippen LogP contribution in [-0.2, 0) is 14.8 Å². The van der Waals surface area contributed by atoms with Gasteiger partial charge < -0.3 is 20.2 Å². The summed E-state index contributed by atoms with van der Waals surface area (Å²) in [5, 5.41) is 12.4. The summed E-state index contributed by atoms with van der Waals surface area (Å²) in [5.41, 5.74) is 0.509. The Kier molecular flexibility index (Phi) is 8.71. The van der Waals surface area contributed by atoms with Gasteiger partial charge in [0.1, 0.15) is 11.6 Å². The maximum Gasteiger partial charge on any atom is 0.303 e. The predicted octanol–water partition coefficient (Wildman–Crippen LogP) is 2.31. The van der Waals surface area contributed by atoms with Gasteiger partial charge in [-0.3, -0.25) is 9.59 Å². The molecular weight excluding hydrogens is 482 g/mol. The minimum absolute atomic E-state index is 0.0681. The van der Waals surface area contributed by atoms with Crippen molar-refractivity contribution in [1.29, 1.82) is 0 Å². The fraction of sp³-hybridized carbons (Fsp3) is 0.720. The first-order valence-corrected chi connectivity index (χ1v) is 14.9. The molecule has 0 spiro atoms. The fourth-order valence-electron chi connectivity index (χ4n) is 5.59. The molecule has 0 unspecified atom stereocenters. The number of rotatable bonds is 8. The van der Waals surface area contributed by atoms with Gasteiger partial charge in [0, 0.05) is 51.7 Å². The molecule has 200 valence electrons. The molecule has 1 amide bonds. The van der Waals surface area contributed by atoms with Crippen molar-refractivity contribution in [2.75, 3.05) is 54.8 Å². The molecule has 1 aromatic rings. The summed E-state index contributed by atoms with van der Waals surface area (Å²) in [6.45, 7) is 4.69. The summed E-state index contributed by atoms with van der Waals surface area (Å²) in [6.07, 6.45) is 7.33. The van der Waals surface area contributed by atoms with E-state index in [9.17, 15) is 23.1 Å². The molecule has 36 heavy (non-hydrogen) atoms. The molecule has 2 aliphatic heterocycles. The topological polar surface area (TPSA) is 123 Å². The van der Waals surface area contributed by atoms with E-state index in [0.717, 1.165) is 50.9 Å². The number of pyridine rings is 1. The van der Waals surface area contributed by atoms with Crippen LogP contribution in [0.1, 0.15) is 68.6 Å². The van der Waals surface area contributed by atoms with E-state index in [-0.39, 0.29) is 30.0 Å². The lowest BCUT2D eigenvalue weighted by atomic mass is 9.95. The van der Waals surface area contributed by atoms with Crippen molar-refractivity contribution >= 4 is 33.5 Å². The summed E-state index contributed by atoms with van der Waals surface area (Å²) in [5.74, 6) is 0.528. The van der Waals surface area contributed by atoms with E-state index in [0.29, 0.717) is 44.1 Å². The van der Waals surface area contributed by atoms with E-state index in [4.69, 9.17) is 4.98 Å². The van der Waals surface area contributed by atoms with Crippen LogP contribution >= 0.6 is 0 Å². The Morgan fingerprint density at radius 2 is 1.72 bits per heavy atom. The van der Waals surface area contributed by atoms with Crippen molar-refractivity contribution in [3.63, 3.8) is 0 Å². The van der Waals surface area contributed by atoms with Crippen molar-refractivity contribution in [2.24, 2.45) is 5.92 Å². The number of hydrogen-bond donors (Lipinski definition) is 2. The molecular formula is C25H39N5O5S. The third kappa shape index (κ3) is 6.47. The molecule has 3 aliphatic rings. The Bertz CT molecular complexity index is 1040. The van der Waals surface area contributed by atoms with Crippen LogP contribution in [-0.4, -0.2) is 85.8 Å². The highest BCUT2D eigenvalue weighted by atomic mass is 32.2. The number of piperidine rings is 1. The predicted molar refractivity (Wildman–Crippen MR) is 139 cm³/mol. The Morgan fingerprint density at radius 3 is 2.39 bits per heavy atom. The Hall–Kier alpha value is -2.40. The lowest BCUT2D eigenvalue weighted by molar-refractivity contribution is -0.138. The quantitative estimate of drug-likeness (QED) is 0.534. The lowest BCUT2D eigenvalue weighted by Crippen LogP contribution is -2.50. The second-order valence-electron chi connectivity index (χ2n) is 10.2. The van der Waals surface area contributed by atoms with Crippen LogP contribution in [0, 0.1) is 5.92 Å². The molecule has 4 rings (SSSR count). The van der Waals surface area contributed by atoms with Crippen LogP contribution in [0.2, 0.25) is 0 Å². The number of anilines is 2. The third-order valence-electron chi connectivity index (χ3n) is 7.65. The number of aromatic nitrogens is 1. The van der Waals surface area contributed by atoms with Crippen LogP contribution in [0.5, 0.6) is 0 Å². The normalized spacial score (nSPS) is 22.4. The zero-order valence-electron chi connectivity index (χ0n) is 21.2. The van der Waals surface area contributed by atoms with E-state index >= 15 is 0 Å². The molecule has 2 saturated heterocycles. The molecule has 1 aromatic heterocycles. The molecule has 0 bridgehead atoms. The van der Waals surface area contributed by atoms with Gasteiger partial charge in [0.2, 0.25) is 10.0 Å². The number of carboxylic acid groups (broad SMARTS) is 1. The molecule has 0 radical (unpaired) electrons. The van der Waals surface area contributed by atoms with Gasteiger partial charge in [-0.1, -0.05) is 19.3 Å². The van der Waals surface area contributed by atoms with Gasteiger partial charge in [0.15, 0.2) is 0 Å². The van der Waals surface area contributed by atoms with Crippen molar-refractivity contribution in [2.45, 2.75) is 64.3 Å². The van der Waals surface area contributed by atoms with Crippen LogP contribution in [0.4, 0.5) is 11.6 Å². The maximum atomic E-state index is 13.3. The maximum absolute atomic E-state index is 13.3. The minimum atomic E-state index is -3.26. The number of aliphatic carboxylic acids is 1. The van der Waals surface area contributed by atoms with Crippen LogP contribution < -0.4 is 15.1 Å². The number of carbonyl (C=O) groups is 2. The second kappa shape index (κ2) is 11.8. The van der Waals surface area contributed by atoms with Gasteiger partial charge >= 0.3 is 5.97 Å². The van der Waals surface area contributed by atoms with Crippen LogP contribution in [0.15, 0.2) is 12.1 Å². The number of amides is 1. The first kappa shape index (κ1) is 26.7. The largest absolute Gasteiger partial charge is 0.481 e. The van der Waals surface area contributed by atoms with E-state index in [2.05, 4.69) is 10.2 Å². The number of nitrogens with zero attached hydrogens (tertiary/aromatic N) is 4. The van der Waals surface area contributed by atoms with Crippen molar-refractivity contribution in [3.8, 4) is 0 Å². The van der Waals surface area contributed by atoms with Crippen LogP contribution in [0.25, 0.3) is 0 Å². The fourth-order valence-corrected chi connectivity index (χ4v) is 6.68. The van der Waals surface area contributed by atoms with E-state index in [1.54, 1.807) is 6.92 Å². The first-order chi connectivity index (χ1) is 17.3. The molecule has 1 atom stereocenters. The third-order valence-corrected chi connectivity index (χ3v) is 9.53. The molecule has 0 aromatic carbocycles. The molecule has 11 heteroatoms. The van der Waals surface area contributed by atoms with Gasteiger partial charge in [0.25, 0.3) is 5.91 Å². The summed E-state index contributed by atoms with van der Waals surface area (Å²) < 4.78 is 26.2. The lowest BCUT2D eigenvalue weighted by Gasteiger charge is -2.37. The Labute approximate surface area is 214 Å². The van der Waals surface area contributed by atoms with Gasteiger partial charge in [-0.25, -0.2) is 13.4 Å². The Balaban J connectivity index is 1.57. The number of nitrogens with one attached hydrogen (secondary N) is 1. The Morgan fingerprint density at radius 1 is 1.00 bits per heavy atom. The summed E-state index contributed by atoms with van der Waals surface area (Å²) in [7, 11) is -3.26. The summed E-state index contributed by atoms with van der Waals surface area (Å²) >= 11 is 0. The SMILES string of the molecule is CCS(=O)(=O)N1CCN(c2nc(N3CCC[C@@H](CC(=O)O)C3)ccc2C(=O)NC2CCCCC2)CC1. The first-order valence-electron chi connectivity index (χ1n) is 13.3. The number of carbonyl (C=O) groups excluding carboxylic acids is 1. The molecule has 3 fully saturated rings. The van der Waals surface area contributed by atoms with E-state index in [1.807, 2.05) is 17.0 Å². The highest BCUT2D eigenvalue weighted by Gasteiger charge is 2.30. The molecule has 2 N–H and O–H groups in total. The van der Waals surface area contributed by atoms with Gasteiger partial charge in [-0.15, -0.1) is 0 Å². The molecule has 10 nitrogen and oxygen atoms in total. The molecule has 1 aliphatic carbocycles. The van der Waals surface area contributed by atoms with Crippen molar-refractivity contribution in [1.82, 2.24) is 14.6 Å². The number of hydrogen-bond acceptors (Lipinski definition) is 7. The minimum Gasteiger partial charge on any atom is -0.481 e. The highest BCUT2D eigenvalue weighted by molar-refractivity contribution is 7.89. The summed E-state index contributed by atoms with van der Waals surface area (Å²) in [4.78, 5) is 33.6.